The lowest BCUT2D eigenvalue weighted by molar-refractivity contribution is -0.123. The number of piperidine rings is 1. The molecule has 0 aromatic carbocycles. The molecule has 2 rings (SSSR count). The molecule has 5 nitrogen and oxygen atoms in total. The van der Waals surface area contributed by atoms with Gasteiger partial charge in [0.1, 0.15) is 0 Å². The molecule has 0 saturated carbocycles. The lowest BCUT2D eigenvalue weighted by atomic mass is 9.74. The highest BCUT2D eigenvalue weighted by atomic mass is 16.1. The van der Waals surface area contributed by atoms with Gasteiger partial charge in [-0.2, -0.15) is 0 Å². The summed E-state index contributed by atoms with van der Waals surface area (Å²) in [5, 5.41) is 6.71. The Labute approximate surface area is 127 Å². The predicted octanol–water partition coefficient (Wildman–Crippen LogP) is 2.53. The number of nitrogens with zero attached hydrogens (tertiary/aromatic N) is 1. The van der Waals surface area contributed by atoms with E-state index in [2.05, 4.69) is 48.3 Å². The van der Waals surface area contributed by atoms with Crippen molar-refractivity contribution in [1.82, 2.24) is 20.6 Å². The first kappa shape index (κ1) is 16.0. The highest BCUT2D eigenvalue weighted by molar-refractivity contribution is 5.76. The van der Waals surface area contributed by atoms with Crippen LogP contribution in [0.15, 0.2) is 12.5 Å². The standard InChI is InChI=1S/C16H28N4O/c1-11(13-9-17-10-18-13)19-14(21)6-12-7-15(2,3)20-16(4,5)8-12/h9-12,20H,6-8H2,1-5H3,(H,17,18)(H,19,21)/t11-/m0/s1. The highest BCUT2D eigenvalue weighted by Gasteiger charge is 2.38. The number of rotatable bonds is 4. The summed E-state index contributed by atoms with van der Waals surface area (Å²) in [4.78, 5) is 19.3. The van der Waals surface area contributed by atoms with Crippen LogP contribution in [0.1, 0.15) is 65.6 Å². The number of hydrogen-bond acceptors (Lipinski definition) is 3. The van der Waals surface area contributed by atoms with Gasteiger partial charge in [0.15, 0.2) is 0 Å². The third kappa shape index (κ3) is 4.56. The fourth-order valence-electron chi connectivity index (χ4n) is 3.82. The van der Waals surface area contributed by atoms with Crippen molar-refractivity contribution in [2.45, 2.75) is 71.0 Å². The minimum atomic E-state index is -0.0252. The second-order valence-electron chi connectivity index (χ2n) is 7.67. The van der Waals surface area contributed by atoms with Crippen LogP contribution < -0.4 is 10.6 Å². The van der Waals surface area contributed by atoms with Gasteiger partial charge in [0.25, 0.3) is 0 Å². The monoisotopic (exact) mass is 292 g/mol. The Hall–Kier alpha value is -1.36. The molecule has 1 amide bonds. The maximum atomic E-state index is 12.3. The number of carbonyl (C=O) groups excluding carboxylic acids is 1. The van der Waals surface area contributed by atoms with Crippen LogP contribution in [0.4, 0.5) is 0 Å². The van der Waals surface area contributed by atoms with Gasteiger partial charge in [-0.05, 0) is 53.4 Å². The van der Waals surface area contributed by atoms with Crippen LogP contribution in [-0.4, -0.2) is 27.0 Å². The van der Waals surface area contributed by atoms with Crippen molar-refractivity contribution in [3.05, 3.63) is 18.2 Å². The molecule has 0 spiro atoms. The van der Waals surface area contributed by atoms with Crippen LogP contribution >= 0.6 is 0 Å². The number of aromatic amines is 1. The van der Waals surface area contributed by atoms with Crippen LogP contribution in [0.5, 0.6) is 0 Å². The minimum Gasteiger partial charge on any atom is -0.348 e. The van der Waals surface area contributed by atoms with E-state index in [9.17, 15) is 4.79 Å². The second kappa shape index (κ2) is 5.79. The molecule has 118 valence electrons. The molecule has 0 unspecified atom stereocenters. The lowest BCUT2D eigenvalue weighted by Gasteiger charge is -2.46. The Bertz CT molecular complexity index is 462. The van der Waals surface area contributed by atoms with Crippen LogP contribution in [0.2, 0.25) is 0 Å². The van der Waals surface area contributed by atoms with Crippen molar-refractivity contribution in [1.29, 1.82) is 0 Å². The second-order valence-corrected chi connectivity index (χ2v) is 7.67. The van der Waals surface area contributed by atoms with E-state index in [-0.39, 0.29) is 23.0 Å². The molecular formula is C16H28N4O. The Morgan fingerprint density at radius 2 is 2.00 bits per heavy atom. The summed E-state index contributed by atoms with van der Waals surface area (Å²) in [5.74, 6) is 0.542. The molecule has 0 bridgehead atoms. The molecule has 1 aliphatic heterocycles. The average molecular weight is 292 g/mol. The quantitative estimate of drug-likeness (QED) is 0.798. The summed E-state index contributed by atoms with van der Waals surface area (Å²) in [6.45, 7) is 10.8. The zero-order valence-corrected chi connectivity index (χ0v) is 13.8. The van der Waals surface area contributed by atoms with E-state index in [4.69, 9.17) is 0 Å². The molecular weight excluding hydrogens is 264 g/mol. The maximum Gasteiger partial charge on any atom is 0.220 e. The fraction of sp³-hybridized carbons (Fsp3) is 0.750. The van der Waals surface area contributed by atoms with Crippen molar-refractivity contribution in [2.24, 2.45) is 5.92 Å². The lowest BCUT2D eigenvalue weighted by Crippen LogP contribution is -2.58. The van der Waals surface area contributed by atoms with E-state index in [0.717, 1.165) is 18.5 Å². The molecule has 1 atom stereocenters. The molecule has 0 radical (unpaired) electrons. The summed E-state index contributed by atoms with van der Waals surface area (Å²) in [5.41, 5.74) is 1.11. The first-order chi connectivity index (χ1) is 9.67. The number of hydrogen-bond donors (Lipinski definition) is 3. The Morgan fingerprint density at radius 1 is 1.38 bits per heavy atom. The number of carbonyl (C=O) groups is 1. The zero-order valence-electron chi connectivity index (χ0n) is 13.8. The van der Waals surface area contributed by atoms with Crippen molar-refractivity contribution < 1.29 is 4.79 Å². The van der Waals surface area contributed by atoms with Crippen LogP contribution in [0.25, 0.3) is 0 Å². The molecule has 21 heavy (non-hydrogen) atoms. The first-order valence-corrected chi connectivity index (χ1v) is 7.74. The number of imidazole rings is 1. The van der Waals surface area contributed by atoms with E-state index in [1.54, 1.807) is 12.5 Å². The van der Waals surface area contributed by atoms with Crippen molar-refractivity contribution in [3.8, 4) is 0 Å². The van der Waals surface area contributed by atoms with E-state index in [1.165, 1.54) is 0 Å². The molecule has 1 fully saturated rings. The number of H-pyrrole nitrogens is 1. The third-order valence-electron chi connectivity index (χ3n) is 4.11. The zero-order chi connectivity index (χ0) is 15.7. The van der Waals surface area contributed by atoms with Crippen molar-refractivity contribution >= 4 is 5.91 Å². The summed E-state index contributed by atoms with van der Waals surface area (Å²) >= 11 is 0. The SMILES string of the molecule is C[C@H](NC(=O)CC1CC(C)(C)NC(C)(C)C1)c1cnc[nH]1. The molecule has 5 heteroatoms. The van der Waals surface area contributed by atoms with Crippen molar-refractivity contribution in [2.75, 3.05) is 0 Å². The largest absolute Gasteiger partial charge is 0.348 e. The van der Waals surface area contributed by atoms with E-state index in [0.29, 0.717) is 12.3 Å². The molecule has 2 heterocycles. The number of amides is 1. The Morgan fingerprint density at radius 3 is 2.52 bits per heavy atom. The van der Waals surface area contributed by atoms with Gasteiger partial charge in [-0.3, -0.25) is 4.79 Å². The first-order valence-electron chi connectivity index (χ1n) is 7.74. The van der Waals surface area contributed by atoms with Gasteiger partial charge in [0.05, 0.1) is 24.3 Å². The number of nitrogens with one attached hydrogen (secondary N) is 3. The van der Waals surface area contributed by atoms with Gasteiger partial charge in [-0.25, -0.2) is 4.98 Å². The van der Waals surface area contributed by atoms with Crippen LogP contribution in [-0.2, 0) is 4.79 Å². The van der Waals surface area contributed by atoms with E-state index in [1.807, 2.05) is 6.92 Å². The van der Waals surface area contributed by atoms with Crippen LogP contribution in [0.3, 0.4) is 0 Å². The predicted molar refractivity (Wildman–Crippen MR) is 83.8 cm³/mol. The van der Waals surface area contributed by atoms with Gasteiger partial charge in [0, 0.05) is 17.5 Å². The Balaban J connectivity index is 1.90. The van der Waals surface area contributed by atoms with E-state index < -0.39 is 0 Å². The Kier molecular flexibility index (Phi) is 4.42. The van der Waals surface area contributed by atoms with Crippen molar-refractivity contribution in [3.63, 3.8) is 0 Å². The molecule has 1 aromatic rings. The summed E-state index contributed by atoms with van der Waals surface area (Å²) in [6, 6.07) is -0.0252. The van der Waals surface area contributed by atoms with Gasteiger partial charge < -0.3 is 15.6 Å². The highest BCUT2D eigenvalue weighted by Crippen LogP contribution is 2.34. The summed E-state index contributed by atoms with van der Waals surface area (Å²) < 4.78 is 0. The normalized spacial score (nSPS) is 22.7. The molecule has 1 aliphatic rings. The van der Waals surface area contributed by atoms with Gasteiger partial charge in [0.2, 0.25) is 5.91 Å². The third-order valence-corrected chi connectivity index (χ3v) is 4.11. The van der Waals surface area contributed by atoms with Gasteiger partial charge in [-0.1, -0.05) is 0 Å². The molecule has 3 N–H and O–H groups in total. The van der Waals surface area contributed by atoms with Crippen LogP contribution in [0, 0.1) is 5.92 Å². The number of aromatic nitrogens is 2. The molecule has 0 aliphatic carbocycles. The van der Waals surface area contributed by atoms with E-state index >= 15 is 0 Å². The average Bonchev–Trinajstić information content (AvgIpc) is 2.76. The topological polar surface area (TPSA) is 69.8 Å². The molecule has 1 saturated heterocycles. The summed E-state index contributed by atoms with van der Waals surface area (Å²) in [7, 11) is 0. The minimum absolute atomic E-state index is 0.0252. The smallest absolute Gasteiger partial charge is 0.220 e. The van der Waals surface area contributed by atoms with Gasteiger partial charge >= 0.3 is 0 Å². The fourth-order valence-corrected chi connectivity index (χ4v) is 3.82. The van der Waals surface area contributed by atoms with Gasteiger partial charge in [-0.15, -0.1) is 0 Å². The summed E-state index contributed by atoms with van der Waals surface area (Å²) in [6.07, 6.45) is 6.04. The maximum absolute atomic E-state index is 12.3. The molecule has 1 aromatic heterocycles.